The van der Waals surface area contributed by atoms with Gasteiger partial charge < -0.3 is 9.64 Å². The zero-order valence-electron chi connectivity index (χ0n) is 14.0. The highest BCUT2D eigenvalue weighted by Crippen LogP contribution is 2.50. The van der Waals surface area contributed by atoms with Crippen LogP contribution < -0.4 is 10.2 Å². The van der Waals surface area contributed by atoms with Crippen molar-refractivity contribution in [1.29, 1.82) is 0 Å². The van der Waals surface area contributed by atoms with Crippen molar-refractivity contribution in [1.82, 2.24) is 10.4 Å². The minimum Gasteiger partial charge on any atom is -0.497 e. The van der Waals surface area contributed by atoms with E-state index in [1.165, 1.54) is 4.90 Å². The van der Waals surface area contributed by atoms with Gasteiger partial charge in [0.25, 0.3) is 5.91 Å². The number of carbonyl (C=O) groups is 2. The quantitative estimate of drug-likeness (QED) is 0.618. The van der Waals surface area contributed by atoms with Crippen molar-refractivity contribution in [3.8, 4) is 5.75 Å². The van der Waals surface area contributed by atoms with E-state index in [0.29, 0.717) is 0 Å². The number of methoxy groups -OCH3 is 1. The molecular weight excluding hydrogens is 296 g/mol. The third-order valence-corrected chi connectivity index (χ3v) is 4.55. The van der Waals surface area contributed by atoms with Crippen LogP contribution in [0.4, 0.5) is 0 Å². The smallest absolute Gasteiger partial charge is 0.266 e. The molecule has 6 heteroatoms. The monoisotopic (exact) mass is 320 g/mol. The molecule has 1 aromatic rings. The van der Waals surface area contributed by atoms with Crippen LogP contribution in [0.5, 0.6) is 5.75 Å². The van der Waals surface area contributed by atoms with Crippen molar-refractivity contribution in [3.63, 3.8) is 0 Å². The fourth-order valence-corrected chi connectivity index (χ4v) is 3.12. The minimum atomic E-state index is -0.705. The minimum absolute atomic E-state index is 0.0926. The van der Waals surface area contributed by atoms with Gasteiger partial charge in [0, 0.05) is 7.05 Å². The summed E-state index contributed by atoms with van der Waals surface area (Å²) in [5.74, 6) is -0.0285. The Kier molecular flexibility index (Phi) is 4.94. The SMILES string of the molecule is COc1ccc(C2(C(=O)N(C)[C@@H](C(=O)NO)C(C)C)CC2)cc1. The van der Waals surface area contributed by atoms with E-state index in [9.17, 15) is 9.59 Å². The lowest BCUT2D eigenvalue weighted by Crippen LogP contribution is -2.52. The molecule has 0 heterocycles. The summed E-state index contributed by atoms with van der Waals surface area (Å²) >= 11 is 0. The first-order chi connectivity index (χ1) is 10.9. The van der Waals surface area contributed by atoms with Gasteiger partial charge in [-0.25, -0.2) is 5.48 Å². The summed E-state index contributed by atoms with van der Waals surface area (Å²) in [5.41, 5.74) is 2.03. The van der Waals surface area contributed by atoms with Crippen LogP contribution in [-0.4, -0.2) is 42.1 Å². The fourth-order valence-electron chi connectivity index (χ4n) is 3.12. The Bertz CT molecular complexity index is 579. The molecule has 1 fully saturated rings. The predicted molar refractivity (Wildman–Crippen MR) is 85.2 cm³/mol. The van der Waals surface area contributed by atoms with E-state index in [0.717, 1.165) is 24.2 Å². The summed E-state index contributed by atoms with van der Waals surface area (Å²) < 4.78 is 5.15. The molecule has 0 radical (unpaired) electrons. The number of nitrogens with zero attached hydrogens (tertiary/aromatic N) is 1. The van der Waals surface area contributed by atoms with Crippen molar-refractivity contribution in [2.45, 2.75) is 38.1 Å². The normalized spacial score (nSPS) is 16.6. The van der Waals surface area contributed by atoms with Crippen molar-refractivity contribution in [3.05, 3.63) is 29.8 Å². The fraction of sp³-hybridized carbons (Fsp3) is 0.529. The number of hydrogen-bond acceptors (Lipinski definition) is 4. The molecule has 6 nitrogen and oxygen atoms in total. The molecule has 1 saturated carbocycles. The molecule has 1 aliphatic carbocycles. The molecule has 0 aliphatic heterocycles. The number of ether oxygens (including phenoxy) is 1. The number of amides is 2. The van der Waals surface area contributed by atoms with Gasteiger partial charge in [-0.15, -0.1) is 0 Å². The summed E-state index contributed by atoms with van der Waals surface area (Å²) in [4.78, 5) is 26.3. The van der Waals surface area contributed by atoms with Crippen LogP contribution in [0.25, 0.3) is 0 Å². The van der Waals surface area contributed by atoms with Crippen LogP contribution in [0.2, 0.25) is 0 Å². The molecule has 2 rings (SSSR count). The highest BCUT2D eigenvalue weighted by Gasteiger charge is 2.53. The molecule has 1 aromatic carbocycles. The van der Waals surface area contributed by atoms with E-state index in [1.54, 1.807) is 19.6 Å². The molecule has 0 unspecified atom stereocenters. The van der Waals surface area contributed by atoms with Crippen LogP contribution in [0.3, 0.4) is 0 Å². The Morgan fingerprint density at radius 1 is 1.26 bits per heavy atom. The zero-order valence-corrected chi connectivity index (χ0v) is 14.0. The topological polar surface area (TPSA) is 78.9 Å². The number of hydrogen-bond donors (Lipinski definition) is 2. The third-order valence-electron chi connectivity index (χ3n) is 4.55. The first-order valence-electron chi connectivity index (χ1n) is 7.73. The number of rotatable bonds is 6. The molecule has 2 amide bonds. The Balaban J connectivity index is 2.25. The maximum absolute atomic E-state index is 13.0. The van der Waals surface area contributed by atoms with Gasteiger partial charge in [-0.05, 0) is 36.5 Å². The second-order valence-electron chi connectivity index (χ2n) is 6.39. The van der Waals surface area contributed by atoms with Gasteiger partial charge in [0.05, 0.1) is 12.5 Å². The molecule has 0 saturated heterocycles. The van der Waals surface area contributed by atoms with Gasteiger partial charge in [-0.1, -0.05) is 26.0 Å². The van der Waals surface area contributed by atoms with Gasteiger partial charge in [-0.2, -0.15) is 0 Å². The van der Waals surface area contributed by atoms with Gasteiger partial charge in [0.2, 0.25) is 5.91 Å². The van der Waals surface area contributed by atoms with E-state index in [2.05, 4.69) is 0 Å². The maximum atomic E-state index is 13.0. The lowest BCUT2D eigenvalue weighted by atomic mass is 9.92. The highest BCUT2D eigenvalue weighted by atomic mass is 16.5. The average molecular weight is 320 g/mol. The van der Waals surface area contributed by atoms with Crippen molar-refractivity contribution >= 4 is 11.8 Å². The van der Waals surface area contributed by atoms with E-state index >= 15 is 0 Å². The van der Waals surface area contributed by atoms with Gasteiger partial charge in [-0.3, -0.25) is 14.8 Å². The zero-order chi connectivity index (χ0) is 17.2. The van der Waals surface area contributed by atoms with E-state index in [-0.39, 0.29) is 11.8 Å². The van der Waals surface area contributed by atoms with Crippen LogP contribution in [0.15, 0.2) is 24.3 Å². The van der Waals surface area contributed by atoms with Crippen molar-refractivity contribution < 1.29 is 19.5 Å². The standard InChI is InChI=1S/C17H24N2O4/c1-11(2)14(15(20)18-22)19(3)16(21)17(9-10-17)12-5-7-13(23-4)8-6-12/h5-8,11,14,22H,9-10H2,1-4H3,(H,18,20)/t14-/m1/s1. The Labute approximate surface area is 136 Å². The summed E-state index contributed by atoms with van der Waals surface area (Å²) in [6, 6.07) is 6.76. The first-order valence-corrected chi connectivity index (χ1v) is 7.73. The number of nitrogens with one attached hydrogen (secondary N) is 1. The number of benzene rings is 1. The van der Waals surface area contributed by atoms with Crippen molar-refractivity contribution in [2.24, 2.45) is 5.92 Å². The molecule has 126 valence electrons. The molecule has 0 bridgehead atoms. The predicted octanol–water partition coefficient (Wildman–Crippen LogP) is 1.72. The molecule has 1 aliphatic rings. The Morgan fingerprint density at radius 2 is 1.83 bits per heavy atom. The maximum Gasteiger partial charge on any atom is 0.266 e. The average Bonchev–Trinajstić information content (AvgIpc) is 3.35. The molecule has 2 N–H and O–H groups in total. The Morgan fingerprint density at radius 3 is 2.22 bits per heavy atom. The first kappa shape index (κ1) is 17.3. The molecule has 23 heavy (non-hydrogen) atoms. The van der Waals surface area contributed by atoms with Crippen molar-refractivity contribution in [2.75, 3.05) is 14.2 Å². The number of hydroxylamine groups is 1. The summed E-state index contributed by atoms with van der Waals surface area (Å²) in [7, 11) is 3.22. The lowest BCUT2D eigenvalue weighted by Gasteiger charge is -2.32. The van der Waals surface area contributed by atoms with E-state index in [1.807, 2.05) is 38.1 Å². The van der Waals surface area contributed by atoms with Gasteiger partial charge in [0.15, 0.2) is 0 Å². The summed E-state index contributed by atoms with van der Waals surface area (Å²) in [5, 5.41) is 8.93. The number of likely N-dealkylation sites (N-methyl/N-ethyl adjacent to an activating group) is 1. The number of carbonyl (C=O) groups excluding carboxylic acids is 2. The van der Waals surface area contributed by atoms with Crippen LogP contribution in [-0.2, 0) is 15.0 Å². The van der Waals surface area contributed by atoms with Gasteiger partial charge in [0.1, 0.15) is 11.8 Å². The van der Waals surface area contributed by atoms with Crippen LogP contribution in [0.1, 0.15) is 32.3 Å². The van der Waals surface area contributed by atoms with Crippen LogP contribution >= 0.6 is 0 Å². The second-order valence-corrected chi connectivity index (χ2v) is 6.39. The summed E-state index contributed by atoms with van der Waals surface area (Å²) in [6.07, 6.45) is 1.52. The molecular formula is C17H24N2O4. The lowest BCUT2D eigenvalue weighted by molar-refractivity contribution is -0.146. The van der Waals surface area contributed by atoms with E-state index in [4.69, 9.17) is 9.94 Å². The summed E-state index contributed by atoms with van der Waals surface area (Å²) in [6.45, 7) is 3.69. The molecule has 1 atom stereocenters. The van der Waals surface area contributed by atoms with Gasteiger partial charge >= 0.3 is 0 Å². The van der Waals surface area contributed by atoms with E-state index < -0.39 is 17.4 Å². The third kappa shape index (κ3) is 3.17. The van der Waals surface area contributed by atoms with Crippen LogP contribution in [0, 0.1) is 5.92 Å². The highest BCUT2D eigenvalue weighted by molar-refractivity contribution is 5.95. The molecule has 0 spiro atoms. The Hall–Kier alpha value is -2.08. The second kappa shape index (κ2) is 6.58. The largest absolute Gasteiger partial charge is 0.497 e. The molecule has 0 aromatic heterocycles.